The molecule has 0 aliphatic carbocycles. The summed E-state index contributed by atoms with van der Waals surface area (Å²) in [4.78, 5) is 4.57. The maximum Gasteiger partial charge on any atom is 0.191 e. The number of hydrogen-bond acceptors (Lipinski definition) is 4. The summed E-state index contributed by atoms with van der Waals surface area (Å²) >= 11 is 0. The molecular weight excluding hydrogens is 457 g/mol. The predicted octanol–water partition coefficient (Wildman–Crippen LogP) is 2.90. The van der Waals surface area contributed by atoms with Crippen LogP contribution in [0.1, 0.15) is 44.6 Å². The Morgan fingerprint density at radius 3 is 2.52 bits per heavy atom. The van der Waals surface area contributed by atoms with Crippen LogP contribution < -0.4 is 15.4 Å². The van der Waals surface area contributed by atoms with Crippen LogP contribution in [0.5, 0.6) is 5.75 Å². The second-order valence-electron chi connectivity index (χ2n) is 6.92. The van der Waals surface area contributed by atoms with E-state index in [0.29, 0.717) is 38.5 Å². The van der Waals surface area contributed by atoms with E-state index in [0.717, 1.165) is 31.2 Å². The van der Waals surface area contributed by atoms with E-state index in [9.17, 15) is 5.11 Å². The third-order valence-corrected chi connectivity index (χ3v) is 4.85. The maximum absolute atomic E-state index is 10.5. The van der Waals surface area contributed by atoms with Crippen molar-refractivity contribution in [2.75, 3.05) is 40.0 Å². The van der Waals surface area contributed by atoms with Crippen molar-refractivity contribution in [1.82, 2.24) is 10.6 Å². The first-order valence-electron chi connectivity index (χ1n) is 9.52. The number of benzene rings is 1. The van der Waals surface area contributed by atoms with Crippen molar-refractivity contribution in [3.63, 3.8) is 0 Å². The molecule has 6 nitrogen and oxygen atoms in total. The number of halogens is 1. The van der Waals surface area contributed by atoms with Gasteiger partial charge in [0.25, 0.3) is 0 Å². The minimum atomic E-state index is -0.739. The van der Waals surface area contributed by atoms with E-state index in [-0.39, 0.29) is 24.0 Å². The summed E-state index contributed by atoms with van der Waals surface area (Å²) in [5, 5.41) is 17.2. The zero-order valence-corrected chi connectivity index (χ0v) is 19.0. The Hall–Kier alpha value is -1.06. The third-order valence-electron chi connectivity index (χ3n) is 4.85. The topological polar surface area (TPSA) is 75.1 Å². The van der Waals surface area contributed by atoms with Gasteiger partial charge >= 0.3 is 0 Å². The van der Waals surface area contributed by atoms with Crippen LogP contribution in [0, 0.1) is 0 Å². The number of methoxy groups -OCH3 is 1. The number of nitrogens with zero attached hydrogens (tertiary/aromatic N) is 1. The van der Waals surface area contributed by atoms with Crippen molar-refractivity contribution in [2.24, 2.45) is 4.99 Å². The molecule has 0 bridgehead atoms. The second kappa shape index (κ2) is 12.4. The monoisotopic (exact) mass is 491 g/mol. The number of ether oxygens (including phenoxy) is 2. The van der Waals surface area contributed by atoms with Crippen LogP contribution in [0.15, 0.2) is 29.3 Å². The summed E-state index contributed by atoms with van der Waals surface area (Å²) in [7, 11) is 1.68. The van der Waals surface area contributed by atoms with Gasteiger partial charge in [0.15, 0.2) is 5.96 Å². The van der Waals surface area contributed by atoms with E-state index in [1.165, 1.54) is 5.56 Å². The van der Waals surface area contributed by atoms with E-state index >= 15 is 0 Å². The van der Waals surface area contributed by atoms with Crippen molar-refractivity contribution in [1.29, 1.82) is 0 Å². The normalized spacial score (nSPS) is 17.6. The first-order valence-corrected chi connectivity index (χ1v) is 9.52. The van der Waals surface area contributed by atoms with Gasteiger partial charge in [0.05, 0.1) is 19.3 Å². The highest BCUT2D eigenvalue weighted by molar-refractivity contribution is 14.0. The molecule has 1 atom stereocenters. The fourth-order valence-corrected chi connectivity index (χ4v) is 2.98. The van der Waals surface area contributed by atoms with Gasteiger partial charge in [-0.05, 0) is 37.0 Å². The summed E-state index contributed by atoms with van der Waals surface area (Å²) in [5.74, 6) is 2.08. The lowest BCUT2D eigenvalue weighted by molar-refractivity contribution is -0.0565. The number of rotatable bonds is 8. The van der Waals surface area contributed by atoms with Gasteiger partial charge in [-0.25, -0.2) is 0 Å². The third kappa shape index (κ3) is 8.23. The van der Waals surface area contributed by atoms with Crippen LogP contribution in [-0.2, 0) is 4.74 Å². The lowest BCUT2D eigenvalue weighted by Gasteiger charge is -2.30. The summed E-state index contributed by atoms with van der Waals surface area (Å²) in [6.07, 6.45) is 2.28. The van der Waals surface area contributed by atoms with Gasteiger partial charge < -0.3 is 25.2 Å². The Balaban J connectivity index is 0.00000364. The summed E-state index contributed by atoms with van der Waals surface area (Å²) < 4.78 is 10.5. The van der Waals surface area contributed by atoms with Crippen molar-refractivity contribution in [3.8, 4) is 5.75 Å². The van der Waals surface area contributed by atoms with Gasteiger partial charge in [-0.1, -0.05) is 19.1 Å². The zero-order valence-electron chi connectivity index (χ0n) is 16.7. The average molecular weight is 491 g/mol. The molecule has 7 heteroatoms. The van der Waals surface area contributed by atoms with Gasteiger partial charge in [-0.2, -0.15) is 0 Å². The number of guanidine groups is 1. The molecule has 0 spiro atoms. The molecule has 1 aliphatic rings. The molecule has 2 rings (SSSR count). The van der Waals surface area contributed by atoms with Crippen LogP contribution in [-0.4, -0.2) is 56.6 Å². The van der Waals surface area contributed by atoms with Crippen molar-refractivity contribution >= 4 is 29.9 Å². The molecule has 1 saturated heterocycles. The highest BCUT2D eigenvalue weighted by atomic mass is 127. The largest absolute Gasteiger partial charge is 0.497 e. The van der Waals surface area contributed by atoms with E-state index < -0.39 is 5.60 Å². The molecule has 154 valence electrons. The van der Waals surface area contributed by atoms with Crippen LogP contribution in [0.4, 0.5) is 0 Å². The maximum atomic E-state index is 10.5. The summed E-state index contributed by atoms with van der Waals surface area (Å²) in [6, 6.07) is 8.23. The van der Waals surface area contributed by atoms with Gasteiger partial charge in [0.1, 0.15) is 5.75 Å². The quantitative estimate of drug-likeness (QED) is 0.296. The molecule has 0 radical (unpaired) electrons. The number of hydrogen-bond donors (Lipinski definition) is 3. The summed E-state index contributed by atoms with van der Waals surface area (Å²) in [6.45, 7) is 7.49. The van der Waals surface area contributed by atoms with Crippen molar-refractivity contribution in [3.05, 3.63) is 29.8 Å². The molecule has 1 fully saturated rings. The molecule has 0 amide bonds. The molecule has 1 aliphatic heterocycles. The minimum Gasteiger partial charge on any atom is -0.497 e. The second-order valence-corrected chi connectivity index (χ2v) is 6.92. The Morgan fingerprint density at radius 1 is 1.26 bits per heavy atom. The molecule has 3 N–H and O–H groups in total. The van der Waals surface area contributed by atoms with Crippen LogP contribution in [0.3, 0.4) is 0 Å². The lowest BCUT2D eigenvalue weighted by Crippen LogP contribution is -2.42. The molecule has 1 aromatic rings. The van der Waals surface area contributed by atoms with Crippen LogP contribution in [0.2, 0.25) is 0 Å². The lowest BCUT2D eigenvalue weighted by atomic mass is 9.95. The Morgan fingerprint density at radius 2 is 1.93 bits per heavy atom. The molecule has 1 unspecified atom stereocenters. The van der Waals surface area contributed by atoms with Crippen LogP contribution >= 0.6 is 24.0 Å². The Kier molecular flexibility index (Phi) is 11.0. The number of nitrogens with one attached hydrogen (secondary N) is 2. The number of aliphatic imine (C=N–C) groups is 1. The molecule has 0 saturated carbocycles. The first kappa shape index (κ1) is 24.0. The Bertz CT molecular complexity index is 560. The zero-order chi connectivity index (χ0) is 18.8. The Labute approximate surface area is 180 Å². The molecule has 1 aromatic carbocycles. The van der Waals surface area contributed by atoms with Crippen molar-refractivity contribution in [2.45, 2.75) is 44.6 Å². The molecular formula is C20H34IN3O3. The minimum absolute atomic E-state index is 0. The molecule has 27 heavy (non-hydrogen) atoms. The molecule has 0 aromatic heterocycles. The predicted molar refractivity (Wildman–Crippen MR) is 120 cm³/mol. The van der Waals surface area contributed by atoms with Crippen molar-refractivity contribution < 1.29 is 14.6 Å². The highest BCUT2D eigenvalue weighted by Gasteiger charge is 2.29. The standard InChI is InChI=1S/C20H33N3O3.HI/c1-4-21-19(23-15-20(24)10-13-26-14-11-20)22-12-9-16(2)17-5-7-18(25-3)8-6-17;/h5-8,16,24H,4,9-15H2,1-3H3,(H2,21,22,23);1H. The van der Waals surface area contributed by atoms with Gasteiger partial charge in [-0.15, -0.1) is 24.0 Å². The molecule has 1 heterocycles. The highest BCUT2D eigenvalue weighted by Crippen LogP contribution is 2.22. The summed E-state index contributed by atoms with van der Waals surface area (Å²) in [5.41, 5.74) is 0.558. The van der Waals surface area contributed by atoms with Gasteiger partial charge in [0, 0.05) is 39.1 Å². The first-order chi connectivity index (χ1) is 12.6. The smallest absolute Gasteiger partial charge is 0.191 e. The fraction of sp³-hybridized carbons (Fsp3) is 0.650. The van der Waals surface area contributed by atoms with E-state index in [4.69, 9.17) is 9.47 Å². The SMILES string of the molecule is CCNC(=NCC1(O)CCOCC1)NCCC(C)c1ccc(OC)cc1.I. The van der Waals surface area contributed by atoms with Gasteiger partial charge in [-0.3, -0.25) is 4.99 Å². The van der Waals surface area contributed by atoms with Gasteiger partial charge in [0.2, 0.25) is 0 Å². The van der Waals surface area contributed by atoms with E-state index in [2.05, 4.69) is 34.7 Å². The fourth-order valence-electron chi connectivity index (χ4n) is 2.98. The number of aliphatic hydroxyl groups is 1. The van der Waals surface area contributed by atoms with Crippen LogP contribution in [0.25, 0.3) is 0 Å². The van der Waals surface area contributed by atoms with E-state index in [1.807, 2.05) is 19.1 Å². The van der Waals surface area contributed by atoms with E-state index in [1.54, 1.807) is 7.11 Å². The average Bonchev–Trinajstić information content (AvgIpc) is 2.66.